The molecule has 2 heterocycles. The van der Waals surface area contributed by atoms with Crippen LogP contribution in [0.4, 0.5) is 0 Å². The standard InChI is InChI=1S/C75H52N4Si/c1-5-21-53(22-6-1)58-23-17-24-59(49-58)54-41-45-56(46-42-54)73-76-74(78-75(77-73)63-28-19-29-64(51-63)79-71-39-15-13-37-69(71)70-38-14-16-40-72(70)79)57-47-43-55(44-48-57)60-25-18-26-61(50-60)62-27-20-36-68(52-62)80(65-30-7-2-8-31-65,66-32-9-3-10-33-66)67-34-11-4-12-35-67/h1-52H. The molecule has 0 bridgehead atoms. The molecule has 5 heteroatoms. The highest BCUT2D eigenvalue weighted by Crippen LogP contribution is 2.35. The Balaban J connectivity index is 0.834. The van der Waals surface area contributed by atoms with Gasteiger partial charge in [-0.1, -0.05) is 279 Å². The molecule has 0 atom stereocenters. The molecule has 0 fully saturated rings. The fraction of sp³-hybridized carbons (Fsp3) is 0. The van der Waals surface area contributed by atoms with Crippen LogP contribution in [0.1, 0.15) is 0 Å². The van der Waals surface area contributed by atoms with Crippen molar-refractivity contribution in [2.75, 3.05) is 0 Å². The highest BCUT2D eigenvalue weighted by Gasteiger charge is 2.41. The van der Waals surface area contributed by atoms with Crippen LogP contribution in [0.3, 0.4) is 0 Å². The van der Waals surface area contributed by atoms with Crippen LogP contribution >= 0.6 is 0 Å². The van der Waals surface area contributed by atoms with Crippen LogP contribution < -0.4 is 20.7 Å². The van der Waals surface area contributed by atoms with Crippen molar-refractivity contribution in [3.05, 3.63) is 315 Å². The van der Waals surface area contributed by atoms with Crippen LogP contribution in [-0.4, -0.2) is 27.6 Å². The molecule has 14 rings (SSSR count). The van der Waals surface area contributed by atoms with E-state index in [1.165, 1.54) is 48.2 Å². The van der Waals surface area contributed by atoms with Crippen molar-refractivity contribution in [1.82, 2.24) is 19.5 Å². The minimum Gasteiger partial charge on any atom is -0.309 e. The summed E-state index contributed by atoms with van der Waals surface area (Å²) in [5.41, 5.74) is 15.3. The van der Waals surface area contributed by atoms with Gasteiger partial charge in [-0.3, -0.25) is 0 Å². The van der Waals surface area contributed by atoms with E-state index in [-0.39, 0.29) is 0 Å². The van der Waals surface area contributed by atoms with E-state index in [0.717, 1.165) is 61.2 Å². The van der Waals surface area contributed by atoms with Crippen molar-refractivity contribution < 1.29 is 0 Å². The van der Waals surface area contributed by atoms with Crippen molar-refractivity contribution in [2.24, 2.45) is 0 Å². The molecule has 14 aromatic rings. The third kappa shape index (κ3) is 8.92. The summed E-state index contributed by atoms with van der Waals surface area (Å²) in [4.78, 5) is 15.8. The second-order valence-electron chi connectivity index (χ2n) is 20.3. The third-order valence-electron chi connectivity index (χ3n) is 15.6. The Labute approximate surface area is 467 Å². The molecule has 0 unspecified atom stereocenters. The monoisotopic (exact) mass is 1040 g/mol. The van der Waals surface area contributed by atoms with Crippen molar-refractivity contribution in [2.45, 2.75) is 0 Å². The summed E-state index contributed by atoms with van der Waals surface area (Å²) in [7, 11) is -2.71. The van der Waals surface area contributed by atoms with Gasteiger partial charge in [0.1, 0.15) is 0 Å². The Morgan fingerprint density at radius 2 is 0.525 bits per heavy atom. The maximum atomic E-state index is 5.27. The Hall–Kier alpha value is -10.3. The maximum Gasteiger partial charge on any atom is 0.179 e. The first-order valence-electron chi connectivity index (χ1n) is 27.2. The topological polar surface area (TPSA) is 43.6 Å². The normalized spacial score (nSPS) is 11.5. The smallest absolute Gasteiger partial charge is 0.179 e. The van der Waals surface area contributed by atoms with Crippen molar-refractivity contribution in [1.29, 1.82) is 0 Å². The Morgan fingerprint density at radius 1 is 0.212 bits per heavy atom. The number of rotatable bonds is 12. The number of para-hydroxylation sites is 2. The quantitative estimate of drug-likeness (QED) is 0.0905. The lowest BCUT2D eigenvalue weighted by atomic mass is 9.98. The number of hydrogen-bond donors (Lipinski definition) is 0. The minimum atomic E-state index is -2.71. The average molecular weight is 1040 g/mol. The van der Waals surface area contributed by atoms with E-state index in [2.05, 4.69) is 320 Å². The van der Waals surface area contributed by atoms with Crippen LogP contribution in [0.2, 0.25) is 0 Å². The summed E-state index contributed by atoms with van der Waals surface area (Å²) in [5.74, 6) is 1.81. The lowest BCUT2D eigenvalue weighted by Crippen LogP contribution is -2.74. The fourth-order valence-electron chi connectivity index (χ4n) is 11.8. The highest BCUT2D eigenvalue weighted by atomic mass is 28.3. The van der Waals surface area contributed by atoms with E-state index < -0.39 is 8.07 Å². The molecule has 0 aliphatic heterocycles. The molecular formula is C75H52N4Si. The summed E-state index contributed by atoms with van der Waals surface area (Å²) in [6.07, 6.45) is 0. The van der Waals surface area contributed by atoms with Gasteiger partial charge in [-0.15, -0.1) is 0 Å². The summed E-state index contributed by atoms with van der Waals surface area (Å²) in [6, 6.07) is 114. The first kappa shape index (κ1) is 48.1. The third-order valence-corrected chi connectivity index (χ3v) is 20.4. The average Bonchev–Trinajstić information content (AvgIpc) is 4.07. The number of nitrogens with zero attached hydrogens (tertiary/aromatic N) is 4. The van der Waals surface area contributed by atoms with Gasteiger partial charge in [0.15, 0.2) is 25.5 Å². The van der Waals surface area contributed by atoms with E-state index in [1.807, 2.05) is 0 Å². The molecule has 0 amide bonds. The summed E-state index contributed by atoms with van der Waals surface area (Å²) < 4.78 is 2.34. The Kier molecular flexibility index (Phi) is 12.6. The molecule has 0 N–H and O–H groups in total. The molecule has 0 aliphatic rings. The molecule has 2 aromatic heterocycles. The van der Waals surface area contributed by atoms with Gasteiger partial charge in [-0.25, -0.2) is 15.0 Å². The minimum absolute atomic E-state index is 0.602. The molecule has 0 spiro atoms. The second-order valence-corrected chi connectivity index (χ2v) is 24.1. The van der Waals surface area contributed by atoms with E-state index >= 15 is 0 Å². The molecule has 80 heavy (non-hydrogen) atoms. The van der Waals surface area contributed by atoms with E-state index in [0.29, 0.717) is 17.5 Å². The zero-order valence-corrected chi connectivity index (χ0v) is 44.8. The van der Waals surface area contributed by atoms with Gasteiger partial charge >= 0.3 is 0 Å². The van der Waals surface area contributed by atoms with Gasteiger partial charge in [0.2, 0.25) is 0 Å². The molecule has 0 saturated heterocycles. The maximum absolute atomic E-state index is 5.27. The van der Waals surface area contributed by atoms with E-state index in [4.69, 9.17) is 15.0 Å². The first-order chi connectivity index (χ1) is 39.6. The van der Waals surface area contributed by atoms with Crippen LogP contribution in [-0.2, 0) is 0 Å². The van der Waals surface area contributed by atoms with Crippen LogP contribution in [0.15, 0.2) is 315 Å². The van der Waals surface area contributed by atoms with E-state index in [9.17, 15) is 0 Å². The number of fused-ring (bicyclic) bond motifs is 3. The molecular weight excluding hydrogens is 985 g/mol. The van der Waals surface area contributed by atoms with Crippen LogP contribution in [0.5, 0.6) is 0 Å². The van der Waals surface area contributed by atoms with Gasteiger partial charge in [0, 0.05) is 33.2 Å². The zero-order chi connectivity index (χ0) is 53.2. The largest absolute Gasteiger partial charge is 0.309 e. The summed E-state index contributed by atoms with van der Waals surface area (Å²) in [6.45, 7) is 0. The number of benzene rings is 12. The zero-order valence-electron chi connectivity index (χ0n) is 43.8. The first-order valence-corrected chi connectivity index (χ1v) is 29.2. The lowest BCUT2D eigenvalue weighted by Gasteiger charge is -2.34. The predicted molar refractivity (Wildman–Crippen MR) is 336 cm³/mol. The predicted octanol–water partition coefficient (Wildman–Crippen LogP) is 16.0. The van der Waals surface area contributed by atoms with Crippen LogP contribution in [0, 0.1) is 0 Å². The Morgan fingerprint density at radius 3 is 1.00 bits per heavy atom. The van der Waals surface area contributed by atoms with Crippen molar-refractivity contribution in [3.8, 4) is 84.4 Å². The lowest BCUT2D eigenvalue weighted by molar-refractivity contribution is 1.07. The summed E-state index contributed by atoms with van der Waals surface area (Å²) >= 11 is 0. The highest BCUT2D eigenvalue weighted by molar-refractivity contribution is 7.19. The van der Waals surface area contributed by atoms with Gasteiger partial charge in [-0.2, -0.15) is 0 Å². The van der Waals surface area contributed by atoms with Gasteiger partial charge in [0.25, 0.3) is 0 Å². The van der Waals surface area contributed by atoms with Gasteiger partial charge in [-0.05, 0) is 102 Å². The summed E-state index contributed by atoms with van der Waals surface area (Å²) in [5, 5.41) is 7.83. The van der Waals surface area contributed by atoms with Crippen LogP contribution in [0.25, 0.3) is 106 Å². The fourth-order valence-corrected chi connectivity index (χ4v) is 16.6. The van der Waals surface area contributed by atoms with Crippen molar-refractivity contribution in [3.63, 3.8) is 0 Å². The number of aromatic nitrogens is 4. The molecule has 4 nitrogen and oxygen atoms in total. The number of hydrogen-bond acceptors (Lipinski definition) is 3. The molecule has 0 saturated carbocycles. The molecule has 0 radical (unpaired) electrons. The molecule has 12 aromatic carbocycles. The van der Waals surface area contributed by atoms with Gasteiger partial charge in [0.05, 0.1) is 11.0 Å². The molecule has 0 aliphatic carbocycles. The van der Waals surface area contributed by atoms with E-state index in [1.54, 1.807) is 0 Å². The van der Waals surface area contributed by atoms with Crippen molar-refractivity contribution >= 4 is 50.6 Å². The molecule has 376 valence electrons. The SMILES string of the molecule is c1ccc(-c2cccc(-c3ccc(-c4nc(-c5ccc(-c6cccc(-c7cccc([Si](c8ccccc8)(c8ccccc8)c8ccccc8)c7)c6)cc5)nc(-c5cccc(-n6c7ccccc7c7ccccc76)c5)n4)cc3)c2)cc1. The van der Waals surface area contributed by atoms with Gasteiger partial charge < -0.3 is 4.57 Å². The second kappa shape index (κ2) is 20.9. The Bertz CT molecular complexity index is 4350.